The maximum atomic E-state index is 11.8. The van der Waals surface area contributed by atoms with E-state index in [-0.39, 0.29) is 12.0 Å². The molecule has 0 N–H and O–H groups in total. The van der Waals surface area contributed by atoms with Gasteiger partial charge in [-0.3, -0.25) is 4.79 Å². The molecule has 0 aliphatic carbocycles. The van der Waals surface area contributed by atoms with E-state index in [4.69, 9.17) is 4.74 Å². The molecule has 0 bridgehead atoms. The molecule has 0 radical (unpaired) electrons. The van der Waals surface area contributed by atoms with Crippen LogP contribution in [-0.2, 0) is 9.53 Å². The highest BCUT2D eigenvalue weighted by Crippen LogP contribution is 2.25. The van der Waals surface area contributed by atoms with Gasteiger partial charge in [0.2, 0.25) is 0 Å². The fourth-order valence-electron chi connectivity index (χ4n) is 2.07. The summed E-state index contributed by atoms with van der Waals surface area (Å²) in [5.74, 6) is 1.30. The van der Waals surface area contributed by atoms with Crippen LogP contribution < -0.4 is 0 Å². The lowest BCUT2D eigenvalue weighted by Gasteiger charge is -2.39. The van der Waals surface area contributed by atoms with E-state index in [1.165, 1.54) is 0 Å². The smallest absolute Gasteiger partial charge is 0.251 e. The molecule has 2 rings (SSSR count). The molecule has 2 atom stereocenters. The minimum atomic E-state index is -0.146. The highest BCUT2D eigenvalue weighted by Gasteiger charge is 2.37. The van der Waals surface area contributed by atoms with Gasteiger partial charge in [-0.25, -0.2) is 0 Å². The summed E-state index contributed by atoms with van der Waals surface area (Å²) in [7, 11) is 0. The van der Waals surface area contributed by atoms with Crippen molar-refractivity contribution in [1.29, 1.82) is 0 Å². The van der Waals surface area contributed by atoms with Crippen LogP contribution in [0.4, 0.5) is 0 Å². The second-order valence-corrected chi connectivity index (χ2v) is 4.41. The van der Waals surface area contributed by atoms with Crippen LogP contribution in [0.1, 0.15) is 20.3 Å². The van der Waals surface area contributed by atoms with E-state index < -0.39 is 0 Å². The molecule has 2 aliphatic rings. The fraction of sp³-hybridized carbons (Fsp3) is 0.900. The first-order valence-electron chi connectivity index (χ1n) is 5.09. The van der Waals surface area contributed by atoms with E-state index in [1.54, 1.807) is 0 Å². The molecule has 2 aliphatic heterocycles. The van der Waals surface area contributed by atoms with Gasteiger partial charge in [-0.15, -0.1) is 0 Å². The van der Waals surface area contributed by atoms with Gasteiger partial charge in [-0.05, 0) is 18.3 Å². The average molecular weight is 183 g/mol. The van der Waals surface area contributed by atoms with Crippen molar-refractivity contribution in [3.05, 3.63) is 0 Å². The van der Waals surface area contributed by atoms with Gasteiger partial charge < -0.3 is 9.64 Å². The maximum Gasteiger partial charge on any atom is 0.251 e. The Morgan fingerprint density at radius 1 is 1.38 bits per heavy atom. The van der Waals surface area contributed by atoms with Crippen LogP contribution >= 0.6 is 0 Å². The molecule has 0 spiro atoms. The molecule has 2 fully saturated rings. The number of ether oxygens (including phenoxy) is 1. The van der Waals surface area contributed by atoms with E-state index in [1.807, 2.05) is 4.90 Å². The second-order valence-electron chi connectivity index (χ2n) is 4.41. The normalized spacial score (nSPS) is 34.8. The van der Waals surface area contributed by atoms with Gasteiger partial charge in [0, 0.05) is 19.7 Å². The van der Waals surface area contributed by atoms with Crippen molar-refractivity contribution in [1.82, 2.24) is 4.90 Å². The lowest BCUT2D eigenvalue weighted by Crippen LogP contribution is -2.53. The molecule has 13 heavy (non-hydrogen) atoms. The lowest BCUT2D eigenvalue weighted by atomic mass is 9.98. The molecule has 3 heteroatoms. The van der Waals surface area contributed by atoms with Crippen LogP contribution in [0.5, 0.6) is 0 Å². The largest absolute Gasteiger partial charge is 0.368 e. The first-order valence-corrected chi connectivity index (χ1v) is 5.09. The van der Waals surface area contributed by atoms with Gasteiger partial charge in [0.25, 0.3) is 5.91 Å². The van der Waals surface area contributed by atoms with Crippen molar-refractivity contribution in [2.24, 2.45) is 11.8 Å². The van der Waals surface area contributed by atoms with Gasteiger partial charge >= 0.3 is 0 Å². The van der Waals surface area contributed by atoms with Crippen molar-refractivity contribution in [2.45, 2.75) is 26.4 Å². The highest BCUT2D eigenvalue weighted by molar-refractivity contribution is 5.82. The summed E-state index contributed by atoms with van der Waals surface area (Å²) in [5, 5.41) is 0. The Morgan fingerprint density at radius 3 is 2.54 bits per heavy atom. The van der Waals surface area contributed by atoms with E-state index in [2.05, 4.69) is 13.8 Å². The van der Waals surface area contributed by atoms with Crippen molar-refractivity contribution in [2.75, 3.05) is 19.7 Å². The SMILES string of the molecule is CC1CN(C(=O)[C@H]2OCC[C@H]2C)C1. The minimum absolute atomic E-state index is 0.146. The average Bonchev–Trinajstić information content (AvgIpc) is 2.44. The van der Waals surface area contributed by atoms with Crippen molar-refractivity contribution in [3.8, 4) is 0 Å². The Labute approximate surface area is 79.0 Å². The molecular formula is C10H17NO2. The molecule has 0 unspecified atom stereocenters. The minimum Gasteiger partial charge on any atom is -0.368 e. The third-order valence-corrected chi connectivity index (χ3v) is 3.01. The standard InChI is InChI=1S/C10H17NO2/c1-7-5-11(6-7)10(12)9-8(2)3-4-13-9/h7-9H,3-6H2,1-2H3/t8-,9+/m1/s1. The number of hydrogen-bond donors (Lipinski definition) is 0. The fourth-order valence-corrected chi connectivity index (χ4v) is 2.07. The van der Waals surface area contributed by atoms with Crippen LogP contribution in [0.2, 0.25) is 0 Å². The summed E-state index contributed by atoms with van der Waals surface area (Å²) in [6.45, 7) is 6.86. The predicted molar refractivity (Wildman–Crippen MR) is 49.3 cm³/mol. The molecule has 1 amide bonds. The van der Waals surface area contributed by atoms with Crippen molar-refractivity contribution >= 4 is 5.91 Å². The third-order valence-electron chi connectivity index (χ3n) is 3.01. The van der Waals surface area contributed by atoms with Gasteiger partial charge in [0.15, 0.2) is 0 Å². The number of carbonyl (C=O) groups is 1. The van der Waals surface area contributed by atoms with Crippen LogP contribution in [0.25, 0.3) is 0 Å². The molecule has 2 heterocycles. The zero-order valence-electron chi connectivity index (χ0n) is 8.32. The Balaban J connectivity index is 1.89. The number of amides is 1. The number of hydrogen-bond acceptors (Lipinski definition) is 2. The zero-order chi connectivity index (χ0) is 9.42. The van der Waals surface area contributed by atoms with Crippen LogP contribution in [0, 0.1) is 11.8 Å². The Bertz CT molecular complexity index is 211. The third kappa shape index (κ3) is 1.57. The number of nitrogens with zero attached hydrogens (tertiary/aromatic N) is 1. The molecule has 3 nitrogen and oxygen atoms in total. The van der Waals surface area contributed by atoms with E-state index in [0.29, 0.717) is 11.8 Å². The van der Waals surface area contributed by atoms with Crippen molar-refractivity contribution < 1.29 is 9.53 Å². The Morgan fingerprint density at radius 2 is 2.08 bits per heavy atom. The Hall–Kier alpha value is -0.570. The molecule has 0 aromatic heterocycles. The lowest BCUT2D eigenvalue weighted by molar-refractivity contribution is -0.148. The van der Waals surface area contributed by atoms with Gasteiger partial charge in [-0.1, -0.05) is 13.8 Å². The van der Waals surface area contributed by atoms with Gasteiger partial charge in [0.1, 0.15) is 6.10 Å². The summed E-state index contributed by atoms with van der Waals surface area (Å²) in [6.07, 6.45) is 0.882. The van der Waals surface area contributed by atoms with Gasteiger partial charge in [-0.2, -0.15) is 0 Å². The van der Waals surface area contributed by atoms with E-state index in [9.17, 15) is 4.79 Å². The van der Waals surface area contributed by atoms with Crippen LogP contribution in [0.15, 0.2) is 0 Å². The molecule has 2 saturated heterocycles. The molecule has 74 valence electrons. The summed E-state index contributed by atoms with van der Waals surface area (Å²) in [4.78, 5) is 13.7. The highest BCUT2D eigenvalue weighted by atomic mass is 16.5. The predicted octanol–water partition coefficient (Wildman–Crippen LogP) is 0.890. The quantitative estimate of drug-likeness (QED) is 0.604. The molecule has 0 saturated carbocycles. The molecule has 0 aromatic carbocycles. The summed E-state index contributed by atoms with van der Waals surface area (Å²) in [5.41, 5.74) is 0. The number of likely N-dealkylation sites (tertiary alicyclic amines) is 1. The number of rotatable bonds is 1. The monoisotopic (exact) mass is 183 g/mol. The summed E-state index contributed by atoms with van der Waals surface area (Å²) < 4.78 is 5.43. The first kappa shape index (κ1) is 9.00. The summed E-state index contributed by atoms with van der Waals surface area (Å²) in [6, 6.07) is 0. The first-order chi connectivity index (χ1) is 6.18. The van der Waals surface area contributed by atoms with Crippen LogP contribution in [-0.4, -0.2) is 36.6 Å². The molecule has 0 aromatic rings. The maximum absolute atomic E-state index is 11.8. The summed E-state index contributed by atoms with van der Waals surface area (Å²) >= 11 is 0. The van der Waals surface area contributed by atoms with E-state index >= 15 is 0 Å². The zero-order valence-corrected chi connectivity index (χ0v) is 8.32. The van der Waals surface area contributed by atoms with Crippen LogP contribution in [0.3, 0.4) is 0 Å². The topological polar surface area (TPSA) is 29.5 Å². The Kier molecular flexibility index (Phi) is 2.28. The number of carbonyl (C=O) groups excluding carboxylic acids is 1. The second kappa shape index (κ2) is 3.29. The van der Waals surface area contributed by atoms with Crippen molar-refractivity contribution in [3.63, 3.8) is 0 Å². The molecular weight excluding hydrogens is 166 g/mol. The van der Waals surface area contributed by atoms with Gasteiger partial charge in [0.05, 0.1) is 0 Å². The van der Waals surface area contributed by atoms with E-state index in [0.717, 1.165) is 26.1 Å².